The van der Waals surface area contributed by atoms with Gasteiger partial charge in [-0.25, -0.2) is 4.79 Å². The molecule has 136 valence electrons. The summed E-state index contributed by atoms with van der Waals surface area (Å²) in [6.07, 6.45) is 1.27. The van der Waals surface area contributed by atoms with Gasteiger partial charge in [0.1, 0.15) is 0 Å². The molecule has 2 aliphatic carbocycles. The smallest absolute Gasteiger partial charge is 0.394 e. The number of halogens is 3. The van der Waals surface area contributed by atoms with Gasteiger partial charge in [-0.1, -0.05) is 6.42 Å². The second-order valence-corrected chi connectivity index (χ2v) is 7.45. The summed E-state index contributed by atoms with van der Waals surface area (Å²) in [5, 5.41) is 11.6. The highest BCUT2D eigenvalue weighted by molar-refractivity contribution is 5.77. The number of nitrogens with one attached hydrogen (secondary N) is 1. The van der Waals surface area contributed by atoms with Crippen LogP contribution < -0.4 is 5.32 Å². The fraction of sp³-hybridized carbons (Fsp3) is 0.875. The van der Waals surface area contributed by atoms with Crippen LogP contribution in [0.1, 0.15) is 32.1 Å². The van der Waals surface area contributed by atoms with Crippen molar-refractivity contribution in [3.63, 3.8) is 0 Å². The number of hydrogen-bond acceptors (Lipinski definition) is 2. The van der Waals surface area contributed by atoms with Crippen LogP contribution >= 0.6 is 0 Å². The van der Waals surface area contributed by atoms with Gasteiger partial charge in [0.25, 0.3) is 0 Å². The molecule has 1 aliphatic heterocycles. The maximum absolute atomic E-state index is 12.9. The lowest BCUT2D eigenvalue weighted by Gasteiger charge is -2.23. The average molecular weight is 348 g/mol. The Morgan fingerprint density at radius 1 is 1.17 bits per heavy atom. The number of amides is 2. The normalized spacial score (nSPS) is 35.5. The van der Waals surface area contributed by atoms with Crippen LogP contribution in [-0.2, 0) is 4.79 Å². The third-order valence-electron chi connectivity index (χ3n) is 6.02. The zero-order valence-electron chi connectivity index (χ0n) is 13.4. The van der Waals surface area contributed by atoms with E-state index in [1.807, 2.05) is 0 Å². The molecule has 2 amide bonds. The van der Waals surface area contributed by atoms with Gasteiger partial charge in [-0.05, 0) is 43.4 Å². The second kappa shape index (κ2) is 6.44. The summed E-state index contributed by atoms with van der Waals surface area (Å²) in [7, 11) is 0. The van der Waals surface area contributed by atoms with E-state index in [2.05, 4.69) is 5.32 Å². The molecule has 2 bridgehead atoms. The number of likely N-dealkylation sites (tertiary alicyclic amines) is 1. The molecule has 3 unspecified atom stereocenters. The second-order valence-electron chi connectivity index (χ2n) is 7.45. The molecule has 5 nitrogen and oxygen atoms in total. The summed E-state index contributed by atoms with van der Waals surface area (Å²) in [5.41, 5.74) is 0. The molecule has 8 heteroatoms. The standard InChI is InChI=1S/C16H23F3N2O3/c17-16(18,19)13-8-21(7-12(13)14(22)23)15(24)20-4-3-11-6-9-1-2-10(11)5-9/h9-13H,1-8H2,(H,20,24)(H,22,23)/t9?,10?,11?,12-,13-/m1/s1. The summed E-state index contributed by atoms with van der Waals surface area (Å²) in [4.78, 5) is 24.1. The number of carbonyl (C=O) groups is 2. The molecule has 0 spiro atoms. The van der Waals surface area contributed by atoms with E-state index in [1.54, 1.807) is 0 Å². The van der Waals surface area contributed by atoms with Crippen molar-refractivity contribution in [1.82, 2.24) is 10.2 Å². The number of fused-ring (bicyclic) bond motifs is 2. The molecule has 2 saturated carbocycles. The van der Waals surface area contributed by atoms with Crippen molar-refractivity contribution in [2.45, 2.75) is 38.3 Å². The van der Waals surface area contributed by atoms with Crippen LogP contribution in [0.4, 0.5) is 18.0 Å². The zero-order chi connectivity index (χ0) is 17.5. The minimum atomic E-state index is -4.61. The van der Waals surface area contributed by atoms with E-state index < -0.39 is 36.6 Å². The van der Waals surface area contributed by atoms with E-state index >= 15 is 0 Å². The van der Waals surface area contributed by atoms with Crippen LogP contribution in [0.2, 0.25) is 0 Å². The molecular formula is C16H23F3N2O3. The number of alkyl halides is 3. The minimum absolute atomic E-state index is 0.389. The van der Waals surface area contributed by atoms with Crippen molar-refractivity contribution < 1.29 is 27.9 Å². The van der Waals surface area contributed by atoms with Gasteiger partial charge < -0.3 is 15.3 Å². The molecular weight excluding hydrogens is 325 g/mol. The summed E-state index contributed by atoms with van der Waals surface area (Å²) in [6.45, 7) is -0.530. The fourth-order valence-corrected chi connectivity index (χ4v) is 4.76. The molecule has 0 aromatic carbocycles. The highest BCUT2D eigenvalue weighted by Gasteiger charge is 2.53. The molecule has 1 saturated heterocycles. The number of rotatable bonds is 4. The van der Waals surface area contributed by atoms with Crippen molar-refractivity contribution in [1.29, 1.82) is 0 Å². The Morgan fingerprint density at radius 2 is 1.92 bits per heavy atom. The molecule has 3 aliphatic rings. The first-order valence-electron chi connectivity index (χ1n) is 8.58. The lowest BCUT2D eigenvalue weighted by atomic mass is 9.86. The molecule has 2 N–H and O–H groups in total. The summed E-state index contributed by atoms with van der Waals surface area (Å²) >= 11 is 0. The maximum atomic E-state index is 12.9. The first-order chi connectivity index (χ1) is 11.3. The lowest BCUT2D eigenvalue weighted by molar-refractivity contribution is -0.187. The van der Waals surface area contributed by atoms with Gasteiger partial charge in [-0.3, -0.25) is 4.79 Å². The molecule has 3 rings (SSSR count). The Labute approximate surface area is 138 Å². The number of carboxylic acids is 1. The van der Waals surface area contributed by atoms with Crippen molar-refractivity contribution in [3.05, 3.63) is 0 Å². The highest BCUT2D eigenvalue weighted by Crippen LogP contribution is 2.49. The number of carboxylic acid groups (broad SMARTS) is 1. The Hall–Kier alpha value is -1.47. The first-order valence-corrected chi connectivity index (χ1v) is 8.58. The van der Waals surface area contributed by atoms with Crippen LogP contribution in [0, 0.1) is 29.6 Å². The SMILES string of the molecule is O=C(O)[C@@H]1CN(C(=O)NCCC2CC3CCC2C3)C[C@H]1C(F)(F)F. The Kier molecular flexibility index (Phi) is 4.66. The molecule has 1 heterocycles. The van der Waals surface area contributed by atoms with E-state index in [0.29, 0.717) is 12.5 Å². The number of urea groups is 1. The summed E-state index contributed by atoms with van der Waals surface area (Å²) in [5.74, 6) is -2.91. The van der Waals surface area contributed by atoms with Gasteiger partial charge in [0.15, 0.2) is 0 Å². The van der Waals surface area contributed by atoms with Gasteiger partial charge in [0.2, 0.25) is 0 Å². The van der Waals surface area contributed by atoms with Crippen LogP contribution in [0.15, 0.2) is 0 Å². The predicted octanol–water partition coefficient (Wildman–Crippen LogP) is 2.72. The van der Waals surface area contributed by atoms with E-state index in [0.717, 1.165) is 23.2 Å². The lowest BCUT2D eigenvalue weighted by Crippen LogP contribution is -2.40. The number of carbonyl (C=O) groups excluding carboxylic acids is 1. The van der Waals surface area contributed by atoms with Gasteiger partial charge >= 0.3 is 18.2 Å². The van der Waals surface area contributed by atoms with Crippen LogP contribution in [0.5, 0.6) is 0 Å². The fourth-order valence-electron chi connectivity index (χ4n) is 4.76. The monoisotopic (exact) mass is 348 g/mol. The zero-order valence-corrected chi connectivity index (χ0v) is 13.4. The van der Waals surface area contributed by atoms with Crippen molar-refractivity contribution in [2.75, 3.05) is 19.6 Å². The third kappa shape index (κ3) is 3.47. The molecule has 0 aromatic rings. The van der Waals surface area contributed by atoms with Crippen LogP contribution in [0.3, 0.4) is 0 Å². The minimum Gasteiger partial charge on any atom is -0.481 e. The third-order valence-corrected chi connectivity index (χ3v) is 6.02. The summed E-state index contributed by atoms with van der Waals surface area (Å²) < 4.78 is 38.8. The van der Waals surface area contributed by atoms with Crippen molar-refractivity contribution >= 4 is 12.0 Å². The Balaban J connectivity index is 1.47. The molecule has 5 atom stereocenters. The van der Waals surface area contributed by atoms with Crippen LogP contribution in [0.25, 0.3) is 0 Å². The van der Waals surface area contributed by atoms with Gasteiger partial charge in [0.05, 0.1) is 11.8 Å². The maximum Gasteiger partial charge on any atom is 0.394 e. The van der Waals surface area contributed by atoms with Crippen molar-refractivity contribution in [3.8, 4) is 0 Å². The Bertz CT molecular complexity index is 511. The quantitative estimate of drug-likeness (QED) is 0.821. The highest BCUT2D eigenvalue weighted by atomic mass is 19.4. The average Bonchev–Trinajstić information content (AvgIpc) is 3.20. The first kappa shape index (κ1) is 17.4. The topological polar surface area (TPSA) is 69.6 Å². The number of nitrogens with zero attached hydrogens (tertiary/aromatic N) is 1. The largest absolute Gasteiger partial charge is 0.481 e. The van der Waals surface area contributed by atoms with E-state index in [4.69, 9.17) is 5.11 Å². The molecule has 0 radical (unpaired) electrons. The number of aliphatic carboxylic acids is 1. The predicted molar refractivity (Wildman–Crippen MR) is 79.2 cm³/mol. The van der Waals surface area contributed by atoms with E-state index in [-0.39, 0.29) is 6.54 Å². The van der Waals surface area contributed by atoms with Gasteiger partial charge in [0, 0.05) is 19.6 Å². The van der Waals surface area contributed by atoms with E-state index in [1.165, 1.54) is 25.7 Å². The molecule has 0 aromatic heterocycles. The Morgan fingerprint density at radius 3 is 2.42 bits per heavy atom. The summed E-state index contributed by atoms with van der Waals surface area (Å²) in [6, 6.07) is -0.587. The van der Waals surface area contributed by atoms with Crippen LogP contribution in [-0.4, -0.2) is 47.8 Å². The molecule has 24 heavy (non-hydrogen) atoms. The van der Waals surface area contributed by atoms with Gasteiger partial charge in [-0.15, -0.1) is 0 Å². The van der Waals surface area contributed by atoms with Gasteiger partial charge in [-0.2, -0.15) is 13.2 Å². The molecule has 3 fully saturated rings. The number of hydrogen-bond donors (Lipinski definition) is 2. The van der Waals surface area contributed by atoms with Crippen molar-refractivity contribution in [2.24, 2.45) is 29.6 Å². The van der Waals surface area contributed by atoms with E-state index in [9.17, 15) is 22.8 Å².